The van der Waals surface area contributed by atoms with Crippen LogP contribution < -0.4 is 10.5 Å². The van der Waals surface area contributed by atoms with Gasteiger partial charge in [-0.05, 0) is 53.5 Å². The average molecular weight is 542 g/mol. The zero-order valence-electron chi connectivity index (χ0n) is 21.8. The molecule has 0 N–H and O–H groups in total. The number of hydrogen-bond donors (Lipinski definition) is 0. The Bertz CT molecular complexity index is 1840. The van der Waals surface area contributed by atoms with Crippen molar-refractivity contribution in [1.29, 1.82) is 0 Å². The summed E-state index contributed by atoms with van der Waals surface area (Å²) in [6.07, 6.45) is 2.97. The summed E-state index contributed by atoms with van der Waals surface area (Å²) in [6.45, 7) is 11.2. The van der Waals surface area contributed by atoms with Gasteiger partial charge in [-0.3, -0.25) is 4.79 Å². The number of carbonyl (C=O) groups is 1. The fourth-order valence-electron chi connectivity index (χ4n) is 6.18. The summed E-state index contributed by atoms with van der Waals surface area (Å²) in [7, 11) is 0. The smallest absolute Gasteiger partial charge is 0.344 e. The van der Waals surface area contributed by atoms with E-state index in [1.54, 1.807) is 0 Å². The molecule has 0 bridgehead atoms. The van der Waals surface area contributed by atoms with Crippen molar-refractivity contribution >= 4 is 57.0 Å². The Labute approximate surface area is 228 Å². The first-order valence-electron chi connectivity index (χ1n) is 12.9. The Morgan fingerprint density at radius 2 is 1.63 bits per heavy atom. The van der Waals surface area contributed by atoms with E-state index in [0.29, 0.717) is 27.1 Å². The minimum Gasteiger partial charge on any atom is -0.422 e. The van der Waals surface area contributed by atoms with Crippen molar-refractivity contribution in [2.75, 3.05) is 18.0 Å². The number of thiophene rings is 1. The summed E-state index contributed by atoms with van der Waals surface area (Å²) < 4.78 is 15.4. The molecule has 2 aliphatic rings. The Hall–Kier alpha value is -3.36. The van der Waals surface area contributed by atoms with Crippen LogP contribution in [0.15, 0.2) is 45.6 Å². The number of fused-ring (bicyclic) bond motifs is 3. The summed E-state index contributed by atoms with van der Waals surface area (Å²) in [5.41, 5.74) is 7.55. The molecule has 38 heavy (non-hydrogen) atoms. The highest BCUT2D eigenvalue weighted by molar-refractivity contribution is 7.17. The van der Waals surface area contributed by atoms with Gasteiger partial charge in [-0.25, -0.2) is 4.79 Å². The molecule has 0 saturated heterocycles. The van der Waals surface area contributed by atoms with Crippen molar-refractivity contribution in [3.63, 3.8) is 0 Å². The van der Waals surface area contributed by atoms with Crippen LogP contribution in [0.3, 0.4) is 0 Å². The molecule has 0 spiro atoms. The van der Waals surface area contributed by atoms with Crippen molar-refractivity contribution in [2.24, 2.45) is 0 Å². The van der Waals surface area contributed by atoms with Crippen LogP contribution in [0, 0.1) is 0 Å². The summed E-state index contributed by atoms with van der Waals surface area (Å²) in [4.78, 5) is 28.9. The van der Waals surface area contributed by atoms with E-state index in [-0.39, 0.29) is 16.5 Å². The molecule has 6 nitrogen and oxygen atoms in total. The molecular formula is C30H27N3O3S2. The van der Waals surface area contributed by atoms with Crippen LogP contribution in [0.25, 0.3) is 43.6 Å². The van der Waals surface area contributed by atoms with Gasteiger partial charge >= 0.3 is 5.63 Å². The number of benzene rings is 2. The lowest BCUT2D eigenvalue weighted by molar-refractivity contribution is 0.112. The molecule has 5 heterocycles. The molecule has 2 aromatic carbocycles. The van der Waals surface area contributed by atoms with Crippen LogP contribution in [0.1, 0.15) is 61.3 Å². The van der Waals surface area contributed by atoms with Gasteiger partial charge < -0.3 is 9.32 Å². The van der Waals surface area contributed by atoms with Gasteiger partial charge in [-0.2, -0.15) is 8.75 Å². The maximum Gasteiger partial charge on any atom is 0.344 e. The van der Waals surface area contributed by atoms with E-state index in [2.05, 4.69) is 47.4 Å². The third-order valence-electron chi connectivity index (χ3n) is 8.45. The molecule has 3 aromatic heterocycles. The summed E-state index contributed by atoms with van der Waals surface area (Å²) in [5.74, 6) is 0. The first kappa shape index (κ1) is 23.7. The van der Waals surface area contributed by atoms with E-state index in [9.17, 15) is 9.59 Å². The molecule has 0 radical (unpaired) electrons. The molecule has 0 saturated carbocycles. The number of aldehydes is 1. The summed E-state index contributed by atoms with van der Waals surface area (Å²) in [6, 6.07) is 11.8. The number of aromatic nitrogens is 2. The van der Waals surface area contributed by atoms with Crippen molar-refractivity contribution in [3.8, 4) is 21.6 Å². The lowest BCUT2D eigenvalue weighted by atomic mass is 9.69. The lowest BCUT2D eigenvalue weighted by Crippen LogP contribution is -2.44. The topological polar surface area (TPSA) is 76.3 Å². The number of hydrogen-bond acceptors (Lipinski definition) is 8. The van der Waals surface area contributed by atoms with Gasteiger partial charge in [0.15, 0.2) is 6.29 Å². The molecular weight excluding hydrogens is 514 g/mol. The predicted molar refractivity (Wildman–Crippen MR) is 155 cm³/mol. The highest BCUT2D eigenvalue weighted by Crippen LogP contribution is 2.52. The SMILES string of the molecule is CC1(C)CCN2CCC(C)(C)c3c2c1cc1cc(-c2ccc(-c4ccc(C=O)s4)c4nsnc24)c(=O)oc31. The Kier molecular flexibility index (Phi) is 5.04. The van der Waals surface area contributed by atoms with Gasteiger partial charge in [0.05, 0.1) is 22.2 Å². The van der Waals surface area contributed by atoms with Gasteiger partial charge in [0.1, 0.15) is 16.6 Å². The number of nitrogens with zero attached hydrogens (tertiary/aromatic N) is 3. The maximum atomic E-state index is 13.6. The number of carbonyl (C=O) groups excluding carboxylic acids is 1. The van der Waals surface area contributed by atoms with Gasteiger partial charge in [0, 0.05) is 45.7 Å². The second-order valence-electron chi connectivity index (χ2n) is 11.7. The highest BCUT2D eigenvalue weighted by Gasteiger charge is 2.42. The average Bonchev–Trinajstić information content (AvgIpc) is 3.56. The van der Waals surface area contributed by atoms with Gasteiger partial charge in [0.25, 0.3) is 0 Å². The standard InChI is InChI=1S/C30H27N3O3S2/c1-29(2)9-11-33-12-10-30(3,4)23-26(33)21(29)14-16-13-20(28(35)36-27(16)23)18-6-7-19(25-24(18)31-38-32-25)22-8-5-17(15-34)37-22/h5-8,13-15H,9-12H2,1-4H3. The predicted octanol–water partition coefficient (Wildman–Crippen LogP) is 7.17. The molecule has 192 valence electrons. The third-order valence-corrected chi connectivity index (χ3v) is 10.0. The minimum absolute atomic E-state index is 0.0350. The van der Waals surface area contributed by atoms with E-state index in [0.717, 1.165) is 70.9 Å². The van der Waals surface area contributed by atoms with Gasteiger partial charge in [0.2, 0.25) is 0 Å². The number of anilines is 1. The van der Waals surface area contributed by atoms with E-state index in [1.807, 2.05) is 30.3 Å². The fraction of sp³-hybridized carbons (Fsp3) is 0.333. The van der Waals surface area contributed by atoms with E-state index >= 15 is 0 Å². The normalized spacial score (nSPS) is 17.6. The van der Waals surface area contributed by atoms with Crippen molar-refractivity contribution < 1.29 is 9.21 Å². The number of rotatable bonds is 3. The molecule has 5 aromatic rings. The molecule has 7 rings (SSSR count). The van der Waals surface area contributed by atoms with Crippen LogP contribution in [0.2, 0.25) is 0 Å². The van der Waals surface area contributed by atoms with Gasteiger partial charge in [-0.1, -0.05) is 39.8 Å². The van der Waals surface area contributed by atoms with Crippen LogP contribution in [0.5, 0.6) is 0 Å². The minimum atomic E-state index is -0.363. The quantitative estimate of drug-likeness (QED) is 0.178. The first-order valence-corrected chi connectivity index (χ1v) is 14.4. The van der Waals surface area contributed by atoms with Crippen LogP contribution >= 0.6 is 23.1 Å². The molecule has 8 heteroatoms. The zero-order valence-corrected chi connectivity index (χ0v) is 23.4. The second-order valence-corrected chi connectivity index (χ2v) is 13.4. The molecule has 0 aliphatic carbocycles. The van der Waals surface area contributed by atoms with Crippen molar-refractivity contribution in [1.82, 2.24) is 8.75 Å². The lowest BCUT2D eigenvalue weighted by Gasteiger charge is -2.48. The van der Waals surface area contributed by atoms with Crippen molar-refractivity contribution in [3.05, 3.63) is 62.8 Å². The largest absolute Gasteiger partial charge is 0.422 e. The van der Waals surface area contributed by atoms with Gasteiger partial charge in [-0.15, -0.1) is 11.3 Å². The second kappa shape index (κ2) is 8.07. The molecule has 2 aliphatic heterocycles. The fourth-order valence-corrected chi connectivity index (χ4v) is 7.61. The highest BCUT2D eigenvalue weighted by atomic mass is 32.1. The molecule has 0 unspecified atom stereocenters. The summed E-state index contributed by atoms with van der Waals surface area (Å²) >= 11 is 2.54. The monoisotopic (exact) mass is 541 g/mol. The Balaban J connectivity index is 1.48. The van der Waals surface area contributed by atoms with E-state index in [4.69, 9.17) is 4.42 Å². The summed E-state index contributed by atoms with van der Waals surface area (Å²) in [5, 5.41) is 0.951. The first-order chi connectivity index (χ1) is 18.2. The molecule has 0 atom stereocenters. The van der Waals surface area contributed by atoms with Crippen LogP contribution in [-0.4, -0.2) is 28.1 Å². The zero-order chi connectivity index (χ0) is 26.4. The molecule has 0 amide bonds. The van der Waals surface area contributed by atoms with Crippen LogP contribution in [0.4, 0.5) is 5.69 Å². The van der Waals surface area contributed by atoms with E-state index < -0.39 is 0 Å². The van der Waals surface area contributed by atoms with E-state index in [1.165, 1.54) is 22.6 Å². The maximum absolute atomic E-state index is 13.6. The van der Waals surface area contributed by atoms with Crippen molar-refractivity contribution in [2.45, 2.75) is 51.4 Å². The Morgan fingerprint density at radius 3 is 2.37 bits per heavy atom. The van der Waals surface area contributed by atoms with Crippen LogP contribution in [-0.2, 0) is 10.8 Å². The molecule has 0 fully saturated rings. The third kappa shape index (κ3) is 3.36. The Morgan fingerprint density at radius 1 is 0.921 bits per heavy atom.